The second-order valence-corrected chi connectivity index (χ2v) is 5.41. The van der Waals surface area contributed by atoms with Crippen molar-refractivity contribution in [1.82, 2.24) is 0 Å². The molecule has 1 atom stereocenters. The van der Waals surface area contributed by atoms with Gasteiger partial charge in [0, 0.05) is 6.42 Å². The van der Waals surface area contributed by atoms with Gasteiger partial charge in [0.1, 0.15) is 0 Å². The van der Waals surface area contributed by atoms with Crippen LogP contribution in [-0.4, -0.2) is 18.5 Å². The Morgan fingerprint density at radius 1 is 1.20 bits per heavy atom. The SMILES string of the molecule is CC(C)c1cccc(C(C)CCC(=O)COC(N)=O)c1. The van der Waals surface area contributed by atoms with E-state index < -0.39 is 6.09 Å². The number of ketones is 1. The molecular weight excluding hydrogens is 254 g/mol. The van der Waals surface area contributed by atoms with Gasteiger partial charge in [-0.2, -0.15) is 0 Å². The van der Waals surface area contributed by atoms with Crippen LogP contribution < -0.4 is 5.73 Å². The van der Waals surface area contributed by atoms with Gasteiger partial charge in [0.15, 0.2) is 12.4 Å². The Morgan fingerprint density at radius 3 is 2.45 bits per heavy atom. The molecule has 1 rings (SSSR count). The highest BCUT2D eigenvalue weighted by molar-refractivity contribution is 5.81. The van der Waals surface area contributed by atoms with E-state index in [-0.39, 0.29) is 12.4 Å². The third kappa shape index (κ3) is 5.43. The summed E-state index contributed by atoms with van der Waals surface area (Å²) in [5.41, 5.74) is 7.36. The van der Waals surface area contributed by atoms with E-state index in [9.17, 15) is 9.59 Å². The van der Waals surface area contributed by atoms with Gasteiger partial charge in [-0.25, -0.2) is 4.79 Å². The largest absolute Gasteiger partial charge is 0.442 e. The molecule has 0 aromatic heterocycles. The fourth-order valence-corrected chi connectivity index (χ4v) is 1.99. The van der Waals surface area contributed by atoms with E-state index in [1.54, 1.807) is 0 Å². The van der Waals surface area contributed by atoms with Gasteiger partial charge in [0.2, 0.25) is 0 Å². The fourth-order valence-electron chi connectivity index (χ4n) is 1.99. The van der Waals surface area contributed by atoms with E-state index in [2.05, 4.69) is 49.8 Å². The first kappa shape index (κ1) is 16.2. The van der Waals surface area contributed by atoms with Gasteiger partial charge >= 0.3 is 6.09 Å². The number of rotatable bonds is 7. The highest BCUT2D eigenvalue weighted by Crippen LogP contribution is 2.24. The van der Waals surface area contributed by atoms with Crippen LogP contribution in [-0.2, 0) is 9.53 Å². The molecule has 20 heavy (non-hydrogen) atoms. The maximum Gasteiger partial charge on any atom is 0.404 e. The van der Waals surface area contributed by atoms with E-state index in [1.165, 1.54) is 11.1 Å². The minimum Gasteiger partial charge on any atom is -0.442 e. The molecule has 0 heterocycles. The molecule has 0 fully saturated rings. The summed E-state index contributed by atoms with van der Waals surface area (Å²) < 4.78 is 4.48. The minimum atomic E-state index is -0.906. The smallest absolute Gasteiger partial charge is 0.404 e. The van der Waals surface area contributed by atoms with Crippen LogP contribution in [0.25, 0.3) is 0 Å². The van der Waals surface area contributed by atoms with Crippen LogP contribution >= 0.6 is 0 Å². The van der Waals surface area contributed by atoms with Crippen molar-refractivity contribution in [2.24, 2.45) is 5.73 Å². The molecule has 1 unspecified atom stereocenters. The fraction of sp³-hybridized carbons (Fsp3) is 0.500. The molecule has 4 heteroatoms. The zero-order valence-corrected chi connectivity index (χ0v) is 12.4. The Hall–Kier alpha value is -1.84. The lowest BCUT2D eigenvalue weighted by molar-refractivity contribution is -0.122. The quantitative estimate of drug-likeness (QED) is 0.830. The maximum absolute atomic E-state index is 11.5. The lowest BCUT2D eigenvalue weighted by Crippen LogP contribution is -2.18. The van der Waals surface area contributed by atoms with Crippen LogP contribution in [0.4, 0.5) is 4.79 Å². The summed E-state index contributed by atoms with van der Waals surface area (Å²) in [6, 6.07) is 8.45. The maximum atomic E-state index is 11.5. The minimum absolute atomic E-state index is 0.101. The monoisotopic (exact) mass is 277 g/mol. The molecule has 1 aromatic rings. The molecule has 0 aliphatic heterocycles. The standard InChI is InChI=1S/C16H23NO3/c1-11(2)13-5-4-6-14(9-13)12(3)7-8-15(18)10-20-16(17)19/h4-6,9,11-12H,7-8,10H2,1-3H3,(H2,17,19). The third-order valence-electron chi connectivity index (χ3n) is 3.38. The lowest BCUT2D eigenvalue weighted by Gasteiger charge is -2.14. The van der Waals surface area contributed by atoms with Gasteiger partial charge in [0.25, 0.3) is 0 Å². The number of hydrogen-bond acceptors (Lipinski definition) is 3. The molecule has 110 valence electrons. The van der Waals surface area contributed by atoms with Crippen molar-refractivity contribution in [3.8, 4) is 0 Å². The average Bonchev–Trinajstić information content (AvgIpc) is 2.42. The summed E-state index contributed by atoms with van der Waals surface area (Å²) in [4.78, 5) is 21.9. The number of carbonyl (C=O) groups is 2. The number of ether oxygens (including phenoxy) is 1. The first-order chi connectivity index (χ1) is 9.40. The van der Waals surface area contributed by atoms with Crippen molar-refractivity contribution in [3.05, 3.63) is 35.4 Å². The van der Waals surface area contributed by atoms with Crippen LogP contribution in [0.3, 0.4) is 0 Å². The summed E-state index contributed by atoms with van der Waals surface area (Å²) >= 11 is 0. The van der Waals surface area contributed by atoms with Crippen molar-refractivity contribution < 1.29 is 14.3 Å². The molecule has 0 aliphatic rings. The Morgan fingerprint density at radius 2 is 1.85 bits per heavy atom. The first-order valence-corrected chi connectivity index (χ1v) is 6.94. The number of nitrogens with two attached hydrogens (primary N) is 1. The van der Waals surface area contributed by atoms with E-state index in [0.29, 0.717) is 18.3 Å². The van der Waals surface area contributed by atoms with E-state index >= 15 is 0 Å². The molecule has 0 aliphatic carbocycles. The second-order valence-electron chi connectivity index (χ2n) is 5.41. The molecular formula is C16H23NO3. The van der Waals surface area contributed by atoms with Crippen molar-refractivity contribution in [2.75, 3.05) is 6.61 Å². The Kier molecular flexibility index (Phi) is 6.22. The van der Waals surface area contributed by atoms with Crippen molar-refractivity contribution in [1.29, 1.82) is 0 Å². The Balaban J connectivity index is 2.50. The number of Topliss-reactive ketones (excluding diaryl/α,β-unsaturated/α-hetero) is 1. The predicted molar refractivity (Wildman–Crippen MR) is 78.7 cm³/mol. The van der Waals surface area contributed by atoms with Crippen LogP contribution in [0.15, 0.2) is 24.3 Å². The van der Waals surface area contributed by atoms with E-state index in [4.69, 9.17) is 5.73 Å². The first-order valence-electron chi connectivity index (χ1n) is 6.94. The van der Waals surface area contributed by atoms with Crippen LogP contribution in [0.5, 0.6) is 0 Å². The number of hydrogen-bond donors (Lipinski definition) is 1. The molecule has 1 aromatic carbocycles. The highest BCUT2D eigenvalue weighted by Gasteiger charge is 2.11. The summed E-state index contributed by atoms with van der Waals surface area (Å²) in [5, 5.41) is 0. The van der Waals surface area contributed by atoms with Crippen molar-refractivity contribution in [2.45, 2.75) is 45.4 Å². The third-order valence-corrected chi connectivity index (χ3v) is 3.38. The number of primary amides is 1. The molecule has 2 N–H and O–H groups in total. The van der Waals surface area contributed by atoms with Crippen LogP contribution in [0.1, 0.15) is 56.6 Å². The zero-order chi connectivity index (χ0) is 15.1. The van der Waals surface area contributed by atoms with Gasteiger partial charge in [-0.1, -0.05) is 45.0 Å². The molecule has 0 saturated carbocycles. The number of amides is 1. The molecule has 4 nitrogen and oxygen atoms in total. The summed E-state index contributed by atoms with van der Waals surface area (Å²) in [5.74, 6) is 0.689. The molecule has 0 bridgehead atoms. The van der Waals surface area contributed by atoms with Gasteiger partial charge in [-0.15, -0.1) is 0 Å². The molecule has 1 amide bonds. The number of benzene rings is 1. The normalized spacial score (nSPS) is 12.2. The van der Waals surface area contributed by atoms with Gasteiger partial charge in [0.05, 0.1) is 0 Å². The van der Waals surface area contributed by atoms with Crippen LogP contribution in [0, 0.1) is 0 Å². The number of carbonyl (C=O) groups excluding carboxylic acids is 2. The van der Waals surface area contributed by atoms with Gasteiger partial charge in [-0.3, -0.25) is 4.79 Å². The topological polar surface area (TPSA) is 69.4 Å². The lowest BCUT2D eigenvalue weighted by atomic mass is 9.91. The second kappa shape index (κ2) is 7.68. The summed E-state index contributed by atoms with van der Waals surface area (Å²) in [6.45, 7) is 6.19. The molecule has 0 radical (unpaired) electrons. The zero-order valence-electron chi connectivity index (χ0n) is 12.4. The van der Waals surface area contributed by atoms with E-state index in [0.717, 1.165) is 6.42 Å². The Bertz CT molecular complexity index is 469. The van der Waals surface area contributed by atoms with E-state index in [1.807, 2.05) is 0 Å². The van der Waals surface area contributed by atoms with Gasteiger partial charge in [-0.05, 0) is 29.4 Å². The van der Waals surface area contributed by atoms with Gasteiger partial charge < -0.3 is 10.5 Å². The Labute approximate surface area is 120 Å². The molecule has 0 spiro atoms. The highest BCUT2D eigenvalue weighted by atomic mass is 16.5. The summed E-state index contributed by atoms with van der Waals surface area (Å²) in [7, 11) is 0. The predicted octanol–water partition coefficient (Wildman–Crippen LogP) is 3.36. The van der Waals surface area contributed by atoms with Crippen molar-refractivity contribution >= 4 is 11.9 Å². The average molecular weight is 277 g/mol. The molecule has 0 saturated heterocycles. The van der Waals surface area contributed by atoms with Crippen molar-refractivity contribution in [3.63, 3.8) is 0 Å². The summed E-state index contributed by atoms with van der Waals surface area (Å²) in [6.07, 6.45) is 0.221. The van der Waals surface area contributed by atoms with Crippen LogP contribution in [0.2, 0.25) is 0 Å².